The Balaban J connectivity index is 2.22. The van der Waals surface area contributed by atoms with Gasteiger partial charge in [-0.25, -0.2) is 0 Å². The van der Waals surface area contributed by atoms with Crippen LogP contribution in [0, 0.1) is 5.41 Å². The number of rotatable bonds is 0. The van der Waals surface area contributed by atoms with Crippen molar-refractivity contribution in [2.24, 2.45) is 5.41 Å². The molecule has 1 atom stereocenters. The lowest BCUT2D eigenvalue weighted by Gasteiger charge is -2.54. The maximum Gasteiger partial charge on any atom is 0.0135 e. The topological polar surface area (TPSA) is 0 Å². The summed E-state index contributed by atoms with van der Waals surface area (Å²) in [7, 11) is 0. The minimum absolute atomic E-state index is 0.650. The lowest BCUT2D eigenvalue weighted by atomic mass is 9.69. The Labute approximate surface area is 74.1 Å². The van der Waals surface area contributed by atoms with Crippen molar-refractivity contribution in [2.45, 2.75) is 56.5 Å². The smallest absolute Gasteiger partial charge is 0.0135 e. The van der Waals surface area contributed by atoms with Crippen LogP contribution in [0.1, 0.15) is 46.5 Å². The number of hydrogen-bond acceptors (Lipinski definition) is 1. The first-order valence-corrected chi connectivity index (χ1v) is 5.60. The molecule has 0 aromatic rings. The van der Waals surface area contributed by atoms with Crippen molar-refractivity contribution in [3.8, 4) is 0 Å². The molecule has 1 aliphatic carbocycles. The molecule has 11 heavy (non-hydrogen) atoms. The molecule has 0 amide bonds. The van der Waals surface area contributed by atoms with E-state index >= 15 is 0 Å². The number of hydrogen-bond donors (Lipinski definition) is 0. The molecule has 2 bridgehead atoms. The Hall–Kier alpha value is 0.350. The average molecular weight is 170 g/mol. The molecule has 3 rings (SSSR count). The predicted molar refractivity (Wildman–Crippen MR) is 52.0 cm³/mol. The fourth-order valence-corrected chi connectivity index (χ4v) is 4.26. The van der Waals surface area contributed by atoms with Gasteiger partial charge in [0.1, 0.15) is 0 Å². The Morgan fingerprint density at radius 3 is 2.00 bits per heavy atom. The minimum atomic E-state index is 0.650. The maximum atomic E-state index is 2.48. The quantitative estimate of drug-likeness (QED) is 0.536. The fraction of sp³-hybridized carbons (Fsp3) is 1.00. The second kappa shape index (κ2) is 2.18. The molecule has 0 radical (unpaired) electrons. The molecule has 1 unspecified atom stereocenters. The van der Waals surface area contributed by atoms with Crippen LogP contribution in [0.5, 0.6) is 0 Å². The zero-order chi connectivity index (χ0) is 8.11. The second-order valence-electron chi connectivity index (χ2n) is 4.86. The van der Waals surface area contributed by atoms with Gasteiger partial charge in [0.15, 0.2) is 0 Å². The van der Waals surface area contributed by atoms with Crippen molar-refractivity contribution >= 4 is 11.8 Å². The molecule has 3 fully saturated rings. The molecule has 64 valence electrons. The van der Waals surface area contributed by atoms with E-state index in [9.17, 15) is 0 Å². The van der Waals surface area contributed by atoms with Crippen LogP contribution >= 0.6 is 11.8 Å². The van der Waals surface area contributed by atoms with E-state index < -0.39 is 0 Å². The van der Waals surface area contributed by atoms with Crippen molar-refractivity contribution in [1.82, 2.24) is 0 Å². The number of fused-ring (bicyclic) bond motifs is 3. The van der Waals surface area contributed by atoms with Crippen molar-refractivity contribution < 1.29 is 0 Å². The SMILES string of the molecule is CC1SC2(C)CCC1(C)CC2. The second-order valence-corrected chi connectivity index (χ2v) is 6.79. The fourth-order valence-electron chi connectivity index (χ4n) is 2.44. The van der Waals surface area contributed by atoms with Crippen molar-refractivity contribution in [1.29, 1.82) is 0 Å². The predicted octanol–water partition coefficient (Wildman–Crippen LogP) is 3.46. The van der Waals surface area contributed by atoms with Crippen LogP contribution in [0.2, 0.25) is 0 Å². The zero-order valence-electron chi connectivity index (χ0n) is 7.81. The molecule has 3 aliphatic rings. The molecule has 2 saturated heterocycles. The van der Waals surface area contributed by atoms with Gasteiger partial charge < -0.3 is 0 Å². The first-order valence-electron chi connectivity index (χ1n) is 4.72. The molecule has 0 N–H and O–H groups in total. The third kappa shape index (κ3) is 1.12. The van der Waals surface area contributed by atoms with Gasteiger partial charge in [-0.15, -0.1) is 0 Å². The average Bonchev–Trinajstić information content (AvgIpc) is 1.94. The molecule has 0 spiro atoms. The van der Waals surface area contributed by atoms with Crippen LogP contribution in [-0.4, -0.2) is 10.00 Å². The van der Waals surface area contributed by atoms with Gasteiger partial charge in [0.05, 0.1) is 0 Å². The van der Waals surface area contributed by atoms with Crippen LogP contribution in [0.15, 0.2) is 0 Å². The summed E-state index contributed by atoms with van der Waals surface area (Å²) in [6, 6.07) is 0. The molecule has 2 heterocycles. The normalized spacial score (nSPS) is 56.5. The summed E-state index contributed by atoms with van der Waals surface area (Å²) >= 11 is 2.24. The lowest BCUT2D eigenvalue weighted by molar-refractivity contribution is 0.171. The van der Waals surface area contributed by atoms with Crippen LogP contribution in [-0.2, 0) is 0 Å². The summed E-state index contributed by atoms with van der Waals surface area (Å²) in [4.78, 5) is 0. The van der Waals surface area contributed by atoms with Gasteiger partial charge >= 0.3 is 0 Å². The molecule has 1 saturated carbocycles. The van der Waals surface area contributed by atoms with Gasteiger partial charge in [-0.2, -0.15) is 11.8 Å². The highest BCUT2D eigenvalue weighted by molar-refractivity contribution is 8.01. The molecular formula is C10H18S. The zero-order valence-corrected chi connectivity index (χ0v) is 8.63. The van der Waals surface area contributed by atoms with Crippen LogP contribution < -0.4 is 0 Å². The highest BCUT2D eigenvalue weighted by Crippen LogP contribution is 2.59. The van der Waals surface area contributed by atoms with E-state index in [0.29, 0.717) is 10.2 Å². The highest BCUT2D eigenvalue weighted by atomic mass is 32.2. The van der Waals surface area contributed by atoms with Crippen LogP contribution in [0.4, 0.5) is 0 Å². The summed E-state index contributed by atoms with van der Waals surface area (Å²) in [6.07, 6.45) is 5.85. The first-order chi connectivity index (χ1) is 5.04. The van der Waals surface area contributed by atoms with E-state index in [1.165, 1.54) is 25.7 Å². The van der Waals surface area contributed by atoms with Gasteiger partial charge in [0, 0.05) is 10.00 Å². The third-order valence-corrected chi connectivity index (χ3v) is 5.79. The summed E-state index contributed by atoms with van der Waals surface area (Å²) < 4.78 is 0.650. The minimum Gasteiger partial charge on any atom is -0.152 e. The summed E-state index contributed by atoms with van der Waals surface area (Å²) in [5.74, 6) is 0. The molecule has 0 aromatic heterocycles. The van der Waals surface area contributed by atoms with E-state index in [-0.39, 0.29) is 0 Å². The Bertz CT molecular complexity index is 166. The van der Waals surface area contributed by atoms with Crippen molar-refractivity contribution in [3.05, 3.63) is 0 Å². The maximum absolute atomic E-state index is 2.48. The van der Waals surface area contributed by atoms with E-state index in [0.717, 1.165) is 5.25 Å². The number of thioether (sulfide) groups is 1. The van der Waals surface area contributed by atoms with Crippen LogP contribution in [0.3, 0.4) is 0 Å². The van der Waals surface area contributed by atoms with E-state index in [2.05, 4.69) is 32.5 Å². The summed E-state index contributed by atoms with van der Waals surface area (Å²) in [5, 5.41) is 0.898. The Morgan fingerprint density at radius 1 is 1.09 bits per heavy atom. The van der Waals surface area contributed by atoms with Gasteiger partial charge in [-0.1, -0.05) is 20.8 Å². The standard InChI is InChI=1S/C10H18S/c1-8-9(2)4-6-10(3,11-8)7-5-9/h8H,4-7H2,1-3H3. The van der Waals surface area contributed by atoms with Gasteiger partial charge in [0.25, 0.3) is 0 Å². The molecule has 0 nitrogen and oxygen atoms in total. The third-order valence-electron chi connectivity index (χ3n) is 3.89. The van der Waals surface area contributed by atoms with Crippen molar-refractivity contribution in [2.75, 3.05) is 0 Å². The highest BCUT2D eigenvalue weighted by Gasteiger charge is 2.48. The van der Waals surface area contributed by atoms with Gasteiger partial charge in [-0.3, -0.25) is 0 Å². The Kier molecular flexibility index (Phi) is 1.58. The van der Waals surface area contributed by atoms with Crippen LogP contribution in [0.25, 0.3) is 0 Å². The molecular weight excluding hydrogens is 152 g/mol. The van der Waals surface area contributed by atoms with E-state index in [4.69, 9.17) is 0 Å². The summed E-state index contributed by atoms with van der Waals surface area (Å²) in [5.41, 5.74) is 0.683. The Morgan fingerprint density at radius 2 is 1.64 bits per heavy atom. The lowest BCUT2D eigenvalue weighted by Crippen LogP contribution is -2.46. The van der Waals surface area contributed by atoms with E-state index in [1.54, 1.807) is 0 Å². The van der Waals surface area contributed by atoms with Gasteiger partial charge in [-0.05, 0) is 31.1 Å². The monoisotopic (exact) mass is 170 g/mol. The summed E-state index contributed by atoms with van der Waals surface area (Å²) in [6.45, 7) is 7.34. The molecule has 1 heteroatoms. The van der Waals surface area contributed by atoms with E-state index in [1.807, 2.05) is 0 Å². The molecule has 2 aliphatic heterocycles. The largest absolute Gasteiger partial charge is 0.152 e. The first kappa shape index (κ1) is 7.97. The van der Waals surface area contributed by atoms with Crippen molar-refractivity contribution in [3.63, 3.8) is 0 Å². The van der Waals surface area contributed by atoms with Gasteiger partial charge in [0.2, 0.25) is 0 Å². The molecule has 0 aromatic carbocycles.